The first-order valence-corrected chi connectivity index (χ1v) is 16.3. The summed E-state index contributed by atoms with van der Waals surface area (Å²) < 4.78 is 0. The molecule has 0 spiro atoms. The van der Waals surface area contributed by atoms with E-state index in [1.165, 1.54) is 0 Å². The number of aliphatic hydroxyl groups excluding tert-OH is 6. The average molecular weight is 751 g/mol. The predicted molar refractivity (Wildman–Crippen MR) is 174 cm³/mol. The number of carbonyl (C=O) groups excluding carboxylic acids is 7. The van der Waals surface area contributed by atoms with Crippen LogP contribution in [0.25, 0.3) is 0 Å². The smallest absolute Gasteiger partial charge is 0.326 e. The zero-order valence-electron chi connectivity index (χ0n) is 28.7. The Kier molecular flexibility index (Phi) is 20.2. The molecule has 0 aromatic carbocycles. The van der Waals surface area contributed by atoms with Gasteiger partial charge in [0.1, 0.15) is 42.3 Å². The van der Waals surface area contributed by atoms with Crippen LogP contribution in [0.15, 0.2) is 0 Å². The molecule has 15 N–H and O–H groups in total. The van der Waals surface area contributed by atoms with Gasteiger partial charge in [-0.1, -0.05) is 13.8 Å². The lowest BCUT2D eigenvalue weighted by molar-refractivity contribution is -0.143. The van der Waals surface area contributed by atoms with Crippen LogP contribution < -0.4 is 42.5 Å². The van der Waals surface area contributed by atoms with Crippen molar-refractivity contribution in [1.82, 2.24) is 42.5 Å². The molecule has 1 aliphatic heterocycles. The molecule has 0 unspecified atom stereocenters. The van der Waals surface area contributed by atoms with E-state index in [9.17, 15) is 74.1 Å². The third-order valence-corrected chi connectivity index (χ3v) is 7.59. The van der Waals surface area contributed by atoms with Crippen molar-refractivity contribution in [2.75, 3.05) is 46.2 Å². The van der Waals surface area contributed by atoms with Crippen molar-refractivity contribution < 1.29 is 74.1 Å². The number of amides is 7. The van der Waals surface area contributed by atoms with E-state index in [4.69, 9.17) is 0 Å². The third kappa shape index (κ3) is 14.6. The van der Waals surface area contributed by atoms with Gasteiger partial charge in [0, 0.05) is 0 Å². The minimum atomic E-state index is -1.86. The molecule has 296 valence electrons. The first kappa shape index (κ1) is 45.5. The van der Waals surface area contributed by atoms with E-state index in [0.717, 1.165) is 6.42 Å². The fourth-order valence-corrected chi connectivity index (χ4v) is 4.67. The lowest BCUT2D eigenvalue weighted by atomic mass is 10.0. The zero-order chi connectivity index (χ0) is 39.5. The van der Waals surface area contributed by atoms with Gasteiger partial charge in [-0.15, -0.1) is 0 Å². The fourth-order valence-electron chi connectivity index (χ4n) is 4.67. The minimum Gasteiger partial charge on any atom is -0.480 e. The third-order valence-electron chi connectivity index (χ3n) is 7.59. The normalized spacial score (nSPS) is 18.0. The molecule has 52 heavy (non-hydrogen) atoms. The standard InChI is InChI=1S/C29H50N8O15/c1-13(2)6-15(29(51)52)31-23(45)16(7-38)33-25(47)18(9-40)35-27(49)20(11-42)37-28(50)21(12-43)36-26(48)19(10-41)34-24(46)17(8-39)32-22(44)14-4-3-5-30-14/h13-21,30,38-43H,3-12H2,1-2H3,(H,31,45)(H,32,44)(H,33,47)(H,34,46)(H,35,49)(H,36,48)(H,37,50)(H,51,52)/t14-,15-,16-,17-,18-,19-,20-,21-/m0/s1. The Morgan fingerprint density at radius 1 is 0.519 bits per heavy atom. The highest BCUT2D eigenvalue weighted by Gasteiger charge is 2.34. The van der Waals surface area contributed by atoms with Crippen LogP contribution in [0, 0.1) is 5.92 Å². The van der Waals surface area contributed by atoms with E-state index in [0.29, 0.717) is 13.0 Å². The Balaban J connectivity index is 2.84. The maximum absolute atomic E-state index is 12.8. The Labute approximate surface area is 297 Å². The lowest BCUT2D eigenvalue weighted by Gasteiger charge is -2.26. The highest BCUT2D eigenvalue weighted by molar-refractivity contribution is 5.97. The van der Waals surface area contributed by atoms with Crippen LogP contribution in [0.5, 0.6) is 0 Å². The topological polar surface area (TPSA) is 374 Å². The fraction of sp³-hybridized carbons (Fsp3) is 0.724. The van der Waals surface area contributed by atoms with Crippen molar-refractivity contribution >= 4 is 47.3 Å². The Bertz CT molecular complexity index is 1250. The summed E-state index contributed by atoms with van der Waals surface area (Å²) in [4.78, 5) is 100. The van der Waals surface area contributed by atoms with Crippen LogP contribution in [0.1, 0.15) is 33.1 Å². The largest absolute Gasteiger partial charge is 0.480 e. The molecule has 0 aromatic heterocycles. The average Bonchev–Trinajstić information content (AvgIpc) is 3.66. The number of carboxylic acids is 1. The van der Waals surface area contributed by atoms with Crippen molar-refractivity contribution in [2.45, 2.75) is 81.4 Å². The van der Waals surface area contributed by atoms with Crippen LogP contribution in [0.3, 0.4) is 0 Å². The maximum atomic E-state index is 12.8. The molecule has 1 aliphatic rings. The highest BCUT2D eigenvalue weighted by atomic mass is 16.4. The summed E-state index contributed by atoms with van der Waals surface area (Å²) in [5.41, 5.74) is 0. The number of nitrogens with one attached hydrogen (secondary N) is 8. The van der Waals surface area contributed by atoms with E-state index >= 15 is 0 Å². The Morgan fingerprint density at radius 3 is 1.04 bits per heavy atom. The van der Waals surface area contributed by atoms with Crippen LogP contribution in [-0.2, 0) is 38.4 Å². The van der Waals surface area contributed by atoms with Crippen LogP contribution >= 0.6 is 0 Å². The van der Waals surface area contributed by atoms with Gasteiger partial charge in [-0.05, 0) is 31.7 Å². The monoisotopic (exact) mass is 750 g/mol. The molecular formula is C29H50N8O15. The van der Waals surface area contributed by atoms with Crippen molar-refractivity contribution in [3.8, 4) is 0 Å². The molecular weight excluding hydrogens is 700 g/mol. The minimum absolute atomic E-state index is 0.0284. The highest BCUT2D eigenvalue weighted by Crippen LogP contribution is 2.06. The number of aliphatic carboxylic acids is 1. The molecule has 23 heteroatoms. The van der Waals surface area contributed by atoms with E-state index in [1.54, 1.807) is 13.8 Å². The van der Waals surface area contributed by atoms with E-state index < -0.39 is 135 Å². The van der Waals surface area contributed by atoms with Gasteiger partial charge in [0.25, 0.3) is 0 Å². The molecule has 1 fully saturated rings. The second kappa shape index (κ2) is 23.1. The van der Waals surface area contributed by atoms with E-state index in [2.05, 4.69) is 21.3 Å². The van der Waals surface area contributed by atoms with Gasteiger partial charge in [-0.25, -0.2) is 4.79 Å². The van der Waals surface area contributed by atoms with E-state index in [1.807, 2.05) is 21.3 Å². The summed E-state index contributed by atoms with van der Waals surface area (Å²) in [6, 6.07) is -12.4. The first-order valence-electron chi connectivity index (χ1n) is 16.3. The van der Waals surface area contributed by atoms with Crippen LogP contribution in [0.4, 0.5) is 0 Å². The molecule has 7 amide bonds. The van der Waals surface area contributed by atoms with E-state index in [-0.39, 0.29) is 12.3 Å². The molecule has 0 aromatic rings. The number of hydrogen-bond donors (Lipinski definition) is 15. The summed E-state index contributed by atoms with van der Waals surface area (Å²) in [6.45, 7) is -2.21. The van der Waals surface area contributed by atoms with Crippen molar-refractivity contribution in [3.63, 3.8) is 0 Å². The Morgan fingerprint density at radius 2 is 0.808 bits per heavy atom. The zero-order valence-corrected chi connectivity index (χ0v) is 28.7. The van der Waals surface area contributed by atoms with Crippen LogP contribution in [0.2, 0.25) is 0 Å². The molecule has 0 aliphatic carbocycles. The van der Waals surface area contributed by atoms with Gasteiger partial charge in [0.05, 0.1) is 45.7 Å². The summed E-state index contributed by atoms with van der Waals surface area (Å²) >= 11 is 0. The summed E-state index contributed by atoms with van der Waals surface area (Å²) in [5.74, 6) is -9.20. The molecule has 1 heterocycles. The maximum Gasteiger partial charge on any atom is 0.326 e. The number of carboxylic acid groups (broad SMARTS) is 1. The summed E-state index contributed by atoms with van der Waals surface area (Å²) in [6.07, 6.45) is 1.24. The first-order chi connectivity index (χ1) is 24.6. The SMILES string of the molecule is CC(C)C[C@H](NC(=O)[C@H](CO)NC(=O)[C@H](CO)NC(=O)[C@H](CO)NC(=O)[C@H](CO)NC(=O)[C@H](CO)NC(=O)[C@H](CO)NC(=O)[C@@H]1CCCN1)C(=O)O. The quantitative estimate of drug-likeness (QED) is 0.0461. The number of hydrogen-bond acceptors (Lipinski definition) is 15. The van der Waals surface area contributed by atoms with Crippen molar-refractivity contribution in [1.29, 1.82) is 0 Å². The van der Waals surface area contributed by atoms with Gasteiger partial charge in [-0.2, -0.15) is 0 Å². The van der Waals surface area contributed by atoms with Crippen molar-refractivity contribution in [3.05, 3.63) is 0 Å². The number of carbonyl (C=O) groups is 8. The molecule has 1 rings (SSSR count). The molecule has 0 bridgehead atoms. The Hall–Kier alpha value is -4.52. The molecule has 1 saturated heterocycles. The molecule has 23 nitrogen and oxygen atoms in total. The van der Waals surface area contributed by atoms with Gasteiger partial charge in [-0.3, -0.25) is 33.6 Å². The van der Waals surface area contributed by atoms with Crippen molar-refractivity contribution in [2.24, 2.45) is 5.92 Å². The second-order valence-corrected chi connectivity index (χ2v) is 12.1. The summed E-state index contributed by atoms with van der Waals surface area (Å²) in [7, 11) is 0. The van der Waals surface area contributed by atoms with Gasteiger partial charge < -0.3 is 78.3 Å². The van der Waals surface area contributed by atoms with Gasteiger partial charge in [0.15, 0.2) is 0 Å². The molecule has 0 saturated carbocycles. The summed E-state index contributed by atoms with van der Waals surface area (Å²) in [5, 5.41) is 84.9. The molecule has 0 radical (unpaired) electrons. The number of rotatable bonds is 23. The lowest BCUT2D eigenvalue weighted by Crippen LogP contribution is -2.62. The van der Waals surface area contributed by atoms with Crippen LogP contribution in [-0.4, -0.2) is 178 Å². The molecule has 8 atom stereocenters. The van der Waals surface area contributed by atoms with Gasteiger partial charge in [0.2, 0.25) is 41.4 Å². The second-order valence-electron chi connectivity index (χ2n) is 12.1. The number of aliphatic hydroxyl groups is 6. The van der Waals surface area contributed by atoms with Gasteiger partial charge >= 0.3 is 5.97 Å². The predicted octanol–water partition coefficient (Wildman–Crippen LogP) is -8.78.